The molecule has 8 atom stereocenters. The van der Waals surface area contributed by atoms with E-state index in [-0.39, 0.29) is 62.2 Å². The predicted molar refractivity (Wildman–Crippen MR) is 277 cm³/mol. The standard InChI is InChI=1S/C56H80N6O12/c1-34(2)26-43-53(67)71-39(10)50(64)59(12)46(29-37(7)8)56(70)74-48(32-41-22-18-23-42(30-41)33-62-25-19-24-57-62)52(66)61(14)44(27-35(3)4)54(68)72-38(9)49(63)58(11)45(28-36(5)6)55(69)73-47(51(65)60(43)13)31-40-20-16-15-17-21-40/h15-25,30,34-39,43-48H,26-29,31-33H2,1-14H3/t38-,39-,43+,44+,45+,46?,47-,48-/m1/s1. The van der Waals surface area contributed by atoms with Gasteiger partial charge in [-0.15, -0.1) is 0 Å². The fourth-order valence-electron chi connectivity index (χ4n) is 8.96. The average molecular weight is 1030 g/mol. The van der Waals surface area contributed by atoms with E-state index in [2.05, 4.69) is 5.10 Å². The van der Waals surface area contributed by atoms with Crippen LogP contribution < -0.4 is 0 Å². The van der Waals surface area contributed by atoms with E-state index in [0.717, 1.165) is 25.2 Å². The van der Waals surface area contributed by atoms with Gasteiger partial charge in [-0.25, -0.2) is 19.2 Å². The normalized spacial score (nSPS) is 24.1. The molecule has 1 saturated heterocycles. The Balaban J connectivity index is 1.87. The Bertz CT molecular complexity index is 2360. The number of likely N-dealkylation sites (N-methyl/N-ethyl adjacent to an activating group) is 4. The topological polar surface area (TPSA) is 204 Å². The zero-order valence-electron chi connectivity index (χ0n) is 45.9. The monoisotopic (exact) mass is 1030 g/mol. The van der Waals surface area contributed by atoms with Crippen molar-refractivity contribution in [2.45, 2.75) is 163 Å². The number of esters is 4. The van der Waals surface area contributed by atoms with Crippen molar-refractivity contribution in [3.8, 4) is 0 Å². The quantitative estimate of drug-likeness (QED) is 0.136. The number of benzene rings is 2. The largest absolute Gasteiger partial charge is 0.451 e. The molecule has 1 unspecified atom stereocenters. The van der Waals surface area contributed by atoms with Crippen LogP contribution in [0.2, 0.25) is 0 Å². The summed E-state index contributed by atoms with van der Waals surface area (Å²) in [5.74, 6) is -7.28. The summed E-state index contributed by atoms with van der Waals surface area (Å²) in [6.45, 7) is 18.0. The third-order valence-electron chi connectivity index (χ3n) is 13.1. The van der Waals surface area contributed by atoms with Crippen molar-refractivity contribution in [1.29, 1.82) is 0 Å². The van der Waals surface area contributed by atoms with Crippen molar-refractivity contribution in [3.63, 3.8) is 0 Å². The lowest BCUT2D eigenvalue weighted by molar-refractivity contribution is -0.176. The number of nitrogens with zero attached hydrogens (tertiary/aromatic N) is 6. The molecule has 18 nitrogen and oxygen atoms in total. The molecule has 3 aromatic rings. The maximum absolute atomic E-state index is 15.0. The van der Waals surface area contributed by atoms with Gasteiger partial charge < -0.3 is 38.5 Å². The second kappa shape index (κ2) is 27.6. The molecule has 1 aliphatic rings. The zero-order chi connectivity index (χ0) is 55.1. The van der Waals surface area contributed by atoms with Gasteiger partial charge in [-0.1, -0.05) is 110 Å². The molecule has 0 N–H and O–H groups in total. The summed E-state index contributed by atoms with van der Waals surface area (Å²) in [6.07, 6.45) is -2.31. The van der Waals surface area contributed by atoms with Crippen molar-refractivity contribution in [2.24, 2.45) is 23.7 Å². The first-order valence-corrected chi connectivity index (χ1v) is 25.8. The Kier molecular flexibility index (Phi) is 22.4. The molecule has 406 valence electrons. The van der Waals surface area contributed by atoms with Crippen molar-refractivity contribution in [1.82, 2.24) is 29.4 Å². The van der Waals surface area contributed by atoms with Gasteiger partial charge >= 0.3 is 23.9 Å². The molecule has 0 aliphatic carbocycles. The minimum absolute atomic E-state index is 0.0882. The fourth-order valence-corrected chi connectivity index (χ4v) is 8.96. The molecule has 4 rings (SSSR count). The average Bonchev–Trinajstić information content (AvgIpc) is 3.86. The number of amides is 4. The van der Waals surface area contributed by atoms with Crippen molar-refractivity contribution >= 4 is 47.5 Å². The van der Waals surface area contributed by atoms with E-state index >= 15 is 0 Å². The first-order chi connectivity index (χ1) is 34.8. The van der Waals surface area contributed by atoms with Crippen LogP contribution in [-0.4, -0.2) is 154 Å². The van der Waals surface area contributed by atoms with Crippen LogP contribution in [0, 0.1) is 23.7 Å². The number of carbonyl (C=O) groups excluding carboxylic acids is 8. The molecule has 1 aromatic heterocycles. The molecule has 4 amide bonds. The van der Waals surface area contributed by atoms with Gasteiger partial charge in [0.05, 0.1) is 6.54 Å². The van der Waals surface area contributed by atoms with Crippen LogP contribution in [0.4, 0.5) is 0 Å². The Hall–Kier alpha value is -6.59. The molecule has 2 heterocycles. The lowest BCUT2D eigenvalue weighted by Gasteiger charge is -2.35. The summed E-state index contributed by atoms with van der Waals surface area (Å²) >= 11 is 0. The van der Waals surface area contributed by atoms with E-state index in [1.807, 2.05) is 79.8 Å². The second-order valence-corrected chi connectivity index (χ2v) is 21.3. The lowest BCUT2D eigenvalue weighted by atomic mass is 9.99. The first kappa shape index (κ1) is 60.0. The summed E-state index contributed by atoms with van der Waals surface area (Å²) in [7, 11) is 5.57. The number of cyclic esters (lactones) is 4. The summed E-state index contributed by atoms with van der Waals surface area (Å²) in [5.41, 5.74) is 2.12. The number of carbonyl (C=O) groups is 8. The first-order valence-electron chi connectivity index (χ1n) is 25.8. The van der Waals surface area contributed by atoms with Crippen LogP contribution in [0.3, 0.4) is 0 Å². The zero-order valence-corrected chi connectivity index (χ0v) is 45.9. The number of hydrogen-bond acceptors (Lipinski definition) is 13. The Morgan fingerprint density at radius 3 is 1.18 bits per heavy atom. The third kappa shape index (κ3) is 17.0. The van der Waals surface area contributed by atoms with Crippen molar-refractivity contribution < 1.29 is 57.3 Å². The number of rotatable bonds is 14. The number of aromatic nitrogens is 2. The van der Waals surface area contributed by atoms with Crippen molar-refractivity contribution in [3.05, 3.63) is 89.7 Å². The smallest absolute Gasteiger partial charge is 0.329 e. The van der Waals surface area contributed by atoms with Crippen LogP contribution >= 0.6 is 0 Å². The molecular formula is C56H80N6O12. The molecule has 18 heteroatoms. The minimum Gasteiger partial charge on any atom is -0.451 e. The lowest BCUT2D eigenvalue weighted by Crippen LogP contribution is -2.55. The van der Waals surface area contributed by atoms with Gasteiger partial charge in [-0.3, -0.25) is 23.9 Å². The fraction of sp³-hybridized carbons (Fsp3) is 0.589. The molecule has 1 aliphatic heterocycles. The van der Waals surface area contributed by atoms with Gasteiger partial charge in [0.2, 0.25) is 0 Å². The van der Waals surface area contributed by atoms with E-state index in [4.69, 9.17) is 18.9 Å². The molecule has 0 radical (unpaired) electrons. The van der Waals surface area contributed by atoms with E-state index in [0.29, 0.717) is 17.7 Å². The minimum atomic E-state index is -1.53. The molecular weight excluding hydrogens is 949 g/mol. The Labute approximate surface area is 437 Å². The molecule has 0 spiro atoms. The van der Waals surface area contributed by atoms with Crippen LogP contribution in [0.5, 0.6) is 0 Å². The maximum atomic E-state index is 15.0. The highest BCUT2D eigenvalue weighted by atomic mass is 16.6. The van der Waals surface area contributed by atoms with E-state index in [1.165, 1.54) is 42.0 Å². The van der Waals surface area contributed by atoms with E-state index < -0.39 is 96.1 Å². The highest BCUT2D eigenvalue weighted by molar-refractivity contribution is 5.94. The number of hydrogen-bond donors (Lipinski definition) is 0. The molecule has 2 aromatic carbocycles. The number of ether oxygens (including phenoxy) is 4. The predicted octanol–water partition coefficient (Wildman–Crippen LogP) is 5.91. The molecule has 1 fully saturated rings. The van der Waals surface area contributed by atoms with Gasteiger partial charge in [0.15, 0.2) is 24.4 Å². The Morgan fingerprint density at radius 2 is 0.797 bits per heavy atom. The summed E-state index contributed by atoms with van der Waals surface area (Å²) in [5, 5.41) is 4.30. The molecule has 0 bridgehead atoms. The van der Waals surface area contributed by atoms with E-state index in [1.54, 1.807) is 53.3 Å². The van der Waals surface area contributed by atoms with Gasteiger partial charge in [-0.05, 0) is 86.0 Å². The highest BCUT2D eigenvalue weighted by Gasteiger charge is 2.43. The maximum Gasteiger partial charge on any atom is 0.329 e. The Morgan fingerprint density at radius 1 is 0.446 bits per heavy atom. The third-order valence-corrected chi connectivity index (χ3v) is 13.1. The van der Waals surface area contributed by atoms with Gasteiger partial charge in [0, 0.05) is 53.4 Å². The van der Waals surface area contributed by atoms with Crippen LogP contribution in [0.15, 0.2) is 73.1 Å². The highest BCUT2D eigenvalue weighted by Crippen LogP contribution is 2.24. The molecule has 74 heavy (non-hydrogen) atoms. The summed E-state index contributed by atoms with van der Waals surface area (Å²) in [6, 6.07) is 12.9. The van der Waals surface area contributed by atoms with E-state index in [9.17, 15) is 38.4 Å². The van der Waals surface area contributed by atoms with Crippen LogP contribution in [-0.2, 0) is 76.7 Å². The van der Waals surface area contributed by atoms with Gasteiger partial charge in [0.1, 0.15) is 24.2 Å². The van der Waals surface area contributed by atoms with Crippen LogP contribution in [0.1, 0.15) is 112 Å². The molecule has 0 saturated carbocycles. The van der Waals surface area contributed by atoms with Gasteiger partial charge in [0.25, 0.3) is 23.6 Å². The second-order valence-electron chi connectivity index (χ2n) is 21.3. The van der Waals surface area contributed by atoms with Crippen molar-refractivity contribution in [2.75, 3.05) is 28.2 Å². The summed E-state index contributed by atoms with van der Waals surface area (Å²) < 4.78 is 25.7. The SMILES string of the molecule is CC(C)CC1C(=O)O[C@H](Cc2cccc(Cn3cccn3)c2)C(=O)N(C)[C@@H](CC(C)C)C(=O)O[C@H](C)C(=O)N(C)[C@@H](CC(C)C)C(=O)O[C@H](Cc2ccccc2)C(=O)N(C)[C@@H](CC(C)C)C(=O)O[C@H](C)C(=O)N1C. The van der Waals surface area contributed by atoms with Crippen LogP contribution in [0.25, 0.3) is 0 Å². The van der Waals surface area contributed by atoms with Gasteiger partial charge in [-0.2, -0.15) is 5.10 Å². The summed E-state index contributed by atoms with van der Waals surface area (Å²) in [4.78, 5) is 121.